The Labute approximate surface area is 53.2 Å². The van der Waals surface area contributed by atoms with E-state index in [0.29, 0.717) is 5.56 Å². The minimum atomic E-state index is 0.118. The second-order valence-electron chi connectivity index (χ2n) is 2.07. The molecule has 0 radical (unpaired) electrons. The first-order valence-corrected chi connectivity index (χ1v) is 2.66. The van der Waals surface area contributed by atoms with E-state index in [1.54, 1.807) is 14.0 Å². The smallest absolute Gasteiger partial charge is 0.197 e. The summed E-state index contributed by atoms with van der Waals surface area (Å²) in [5.74, 6) is 0.252. The first-order valence-electron chi connectivity index (χ1n) is 2.66. The zero-order chi connectivity index (χ0) is 7.02. The second kappa shape index (κ2) is 1.69. The van der Waals surface area contributed by atoms with Gasteiger partial charge in [-0.3, -0.25) is 0 Å². The average Bonchev–Trinajstić information content (AvgIpc) is 1.98. The van der Waals surface area contributed by atoms with Gasteiger partial charge in [0.25, 0.3) is 0 Å². The van der Waals surface area contributed by atoms with Crippen LogP contribution in [0.3, 0.4) is 0 Å². The molecule has 1 aromatic rings. The molecule has 50 valence electrons. The quantitative estimate of drug-likeness (QED) is 0.540. The third-order valence-corrected chi connectivity index (χ3v) is 1.37. The maximum absolute atomic E-state index is 9.03. The monoisotopic (exact) mass is 127 g/mol. The molecular formula is C6H9NO2. The Bertz CT molecular complexity index is 205. The molecule has 9 heavy (non-hydrogen) atoms. The molecule has 0 aliphatic rings. The minimum Gasteiger partial charge on any atom is -0.506 e. The Morgan fingerprint density at radius 1 is 1.44 bits per heavy atom. The molecule has 0 spiro atoms. The maximum atomic E-state index is 9.03. The van der Waals surface area contributed by atoms with E-state index in [1.807, 2.05) is 0 Å². The van der Waals surface area contributed by atoms with Crippen LogP contribution in [0.1, 0.15) is 5.56 Å². The van der Waals surface area contributed by atoms with Gasteiger partial charge in [0.2, 0.25) is 0 Å². The highest BCUT2D eigenvalue weighted by molar-refractivity contribution is 5.38. The lowest BCUT2D eigenvalue weighted by atomic mass is 10.3. The highest BCUT2D eigenvalue weighted by Gasteiger charge is 2.05. The van der Waals surface area contributed by atoms with Gasteiger partial charge in [-0.05, 0) is 6.92 Å². The molecule has 3 nitrogen and oxygen atoms in total. The molecular weight excluding hydrogens is 118 g/mol. The van der Waals surface area contributed by atoms with Crippen LogP contribution in [-0.2, 0) is 7.05 Å². The first-order chi connectivity index (χ1) is 4.13. The summed E-state index contributed by atoms with van der Waals surface area (Å²) in [5, 5.41) is 18.0. The predicted octanol–water partition coefficient (Wildman–Crippen LogP) is 0.745. The van der Waals surface area contributed by atoms with Gasteiger partial charge in [-0.2, -0.15) is 0 Å². The van der Waals surface area contributed by atoms with Crippen molar-refractivity contribution in [3.05, 3.63) is 11.8 Å². The Balaban J connectivity index is 3.29. The van der Waals surface area contributed by atoms with E-state index in [4.69, 9.17) is 10.2 Å². The number of hydrogen-bond acceptors (Lipinski definition) is 2. The maximum Gasteiger partial charge on any atom is 0.197 e. The Hall–Kier alpha value is -1.12. The molecule has 0 aliphatic heterocycles. The van der Waals surface area contributed by atoms with Crippen molar-refractivity contribution >= 4 is 0 Å². The molecule has 0 aliphatic carbocycles. The zero-order valence-electron chi connectivity index (χ0n) is 5.42. The molecule has 0 atom stereocenters. The lowest BCUT2D eigenvalue weighted by molar-refractivity contribution is 0.427. The molecule has 0 unspecified atom stereocenters. The van der Waals surface area contributed by atoms with Gasteiger partial charge >= 0.3 is 0 Å². The standard InChI is InChI=1S/C6H9NO2/c1-4-5(8)3-7(2)6(4)9/h3,8-9H,1-2H3. The summed E-state index contributed by atoms with van der Waals surface area (Å²) in [6.45, 7) is 1.66. The van der Waals surface area contributed by atoms with Crippen LogP contribution in [-0.4, -0.2) is 14.8 Å². The van der Waals surface area contributed by atoms with Crippen LogP contribution in [0.25, 0.3) is 0 Å². The summed E-state index contributed by atoms with van der Waals surface area (Å²) in [6, 6.07) is 0. The van der Waals surface area contributed by atoms with E-state index in [-0.39, 0.29) is 11.6 Å². The molecule has 3 heteroatoms. The number of aromatic nitrogens is 1. The number of aromatic hydroxyl groups is 2. The fourth-order valence-electron chi connectivity index (χ4n) is 0.720. The Kier molecular flexibility index (Phi) is 1.12. The number of aryl methyl sites for hydroxylation is 1. The third kappa shape index (κ3) is 0.740. The van der Waals surface area contributed by atoms with Crippen LogP contribution in [0.2, 0.25) is 0 Å². The van der Waals surface area contributed by atoms with Crippen molar-refractivity contribution in [1.82, 2.24) is 4.57 Å². The van der Waals surface area contributed by atoms with Gasteiger partial charge in [0.05, 0.1) is 5.56 Å². The number of rotatable bonds is 0. The Morgan fingerprint density at radius 3 is 2.11 bits per heavy atom. The van der Waals surface area contributed by atoms with Crippen molar-refractivity contribution in [3.63, 3.8) is 0 Å². The fourth-order valence-corrected chi connectivity index (χ4v) is 0.720. The predicted molar refractivity (Wildman–Crippen MR) is 33.5 cm³/mol. The molecule has 0 aromatic carbocycles. The van der Waals surface area contributed by atoms with Crippen molar-refractivity contribution in [2.24, 2.45) is 7.05 Å². The van der Waals surface area contributed by atoms with E-state index in [0.717, 1.165) is 0 Å². The summed E-state index contributed by atoms with van der Waals surface area (Å²) in [4.78, 5) is 0. The van der Waals surface area contributed by atoms with Crippen molar-refractivity contribution in [1.29, 1.82) is 0 Å². The van der Waals surface area contributed by atoms with Crippen LogP contribution in [0.5, 0.6) is 11.6 Å². The van der Waals surface area contributed by atoms with E-state index in [2.05, 4.69) is 0 Å². The summed E-state index contributed by atoms with van der Waals surface area (Å²) in [6.07, 6.45) is 1.46. The van der Waals surface area contributed by atoms with Gasteiger partial charge in [0.1, 0.15) is 5.75 Å². The van der Waals surface area contributed by atoms with E-state index >= 15 is 0 Å². The Morgan fingerprint density at radius 2 is 2.00 bits per heavy atom. The molecule has 1 aromatic heterocycles. The zero-order valence-corrected chi connectivity index (χ0v) is 5.42. The molecule has 0 saturated heterocycles. The van der Waals surface area contributed by atoms with Crippen molar-refractivity contribution in [3.8, 4) is 11.6 Å². The lowest BCUT2D eigenvalue weighted by Gasteiger charge is -1.91. The first kappa shape index (κ1) is 6.01. The van der Waals surface area contributed by atoms with Gasteiger partial charge < -0.3 is 14.8 Å². The molecule has 0 fully saturated rings. The van der Waals surface area contributed by atoms with E-state index in [9.17, 15) is 0 Å². The van der Waals surface area contributed by atoms with E-state index < -0.39 is 0 Å². The van der Waals surface area contributed by atoms with Gasteiger partial charge in [-0.1, -0.05) is 0 Å². The van der Waals surface area contributed by atoms with Crippen molar-refractivity contribution in [2.75, 3.05) is 0 Å². The van der Waals surface area contributed by atoms with Crippen LogP contribution < -0.4 is 0 Å². The SMILES string of the molecule is Cc1c(O)cn(C)c1O. The number of nitrogens with zero attached hydrogens (tertiary/aromatic N) is 1. The summed E-state index contributed by atoms with van der Waals surface area (Å²) >= 11 is 0. The van der Waals surface area contributed by atoms with Crippen LogP contribution in [0, 0.1) is 6.92 Å². The lowest BCUT2D eigenvalue weighted by Crippen LogP contribution is -1.81. The molecule has 0 saturated carbocycles. The molecule has 0 amide bonds. The van der Waals surface area contributed by atoms with Crippen LogP contribution in [0.4, 0.5) is 0 Å². The molecule has 0 bridgehead atoms. The van der Waals surface area contributed by atoms with Gasteiger partial charge in [-0.15, -0.1) is 0 Å². The number of hydrogen-bond donors (Lipinski definition) is 2. The normalized spacial score (nSPS) is 10.0. The van der Waals surface area contributed by atoms with E-state index in [1.165, 1.54) is 10.8 Å². The van der Waals surface area contributed by atoms with Crippen molar-refractivity contribution in [2.45, 2.75) is 6.92 Å². The van der Waals surface area contributed by atoms with Gasteiger partial charge in [-0.25, -0.2) is 0 Å². The molecule has 1 heterocycles. The summed E-state index contributed by atoms with van der Waals surface area (Å²) in [5.41, 5.74) is 0.525. The average molecular weight is 127 g/mol. The topological polar surface area (TPSA) is 45.4 Å². The minimum absolute atomic E-state index is 0.118. The largest absolute Gasteiger partial charge is 0.506 e. The fraction of sp³-hybridized carbons (Fsp3) is 0.333. The van der Waals surface area contributed by atoms with Gasteiger partial charge in [0, 0.05) is 13.2 Å². The highest BCUT2D eigenvalue weighted by Crippen LogP contribution is 2.26. The van der Waals surface area contributed by atoms with Gasteiger partial charge in [0.15, 0.2) is 5.88 Å². The van der Waals surface area contributed by atoms with Crippen LogP contribution >= 0.6 is 0 Å². The summed E-state index contributed by atoms with van der Waals surface area (Å²) < 4.78 is 1.46. The summed E-state index contributed by atoms with van der Waals surface area (Å²) in [7, 11) is 1.67. The van der Waals surface area contributed by atoms with Crippen LogP contribution in [0.15, 0.2) is 6.20 Å². The highest BCUT2D eigenvalue weighted by atomic mass is 16.3. The third-order valence-electron chi connectivity index (χ3n) is 1.37. The molecule has 2 N–H and O–H groups in total. The second-order valence-corrected chi connectivity index (χ2v) is 2.07. The molecule has 1 rings (SSSR count). The van der Waals surface area contributed by atoms with Crippen molar-refractivity contribution < 1.29 is 10.2 Å².